The zero-order chi connectivity index (χ0) is 22.1. The van der Waals surface area contributed by atoms with Crippen LogP contribution in [-0.2, 0) is 16.1 Å². The van der Waals surface area contributed by atoms with E-state index >= 15 is 0 Å². The highest BCUT2D eigenvalue weighted by atomic mass is 16.5. The Bertz CT molecular complexity index is 1050. The van der Waals surface area contributed by atoms with Gasteiger partial charge >= 0.3 is 5.97 Å². The lowest BCUT2D eigenvalue weighted by molar-refractivity contribution is -0.134. The lowest BCUT2D eigenvalue weighted by Gasteiger charge is -2.21. The molecule has 0 bridgehead atoms. The predicted octanol–water partition coefficient (Wildman–Crippen LogP) is 5.01. The molecule has 0 unspecified atom stereocenters. The van der Waals surface area contributed by atoms with Crippen molar-refractivity contribution >= 4 is 23.3 Å². The van der Waals surface area contributed by atoms with Crippen LogP contribution in [-0.4, -0.2) is 35.0 Å². The second-order valence-electron chi connectivity index (χ2n) is 6.70. The molecule has 0 saturated heterocycles. The van der Waals surface area contributed by atoms with Gasteiger partial charge in [-0.05, 0) is 48.9 Å². The highest BCUT2D eigenvalue weighted by Gasteiger charge is 2.17. The SMILES string of the molecule is CCN(Cc1ccccc1)C(=O)COC(=O)c1ccccc1N=Nc1ccc(O)cc1. The summed E-state index contributed by atoms with van der Waals surface area (Å²) in [6.45, 7) is 2.47. The topological polar surface area (TPSA) is 91.6 Å². The molecular weight excluding hydrogens is 394 g/mol. The molecule has 0 spiro atoms. The Hall–Kier alpha value is -4.00. The van der Waals surface area contributed by atoms with Crippen LogP contribution in [0.4, 0.5) is 11.4 Å². The minimum absolute atomic E-state index is 0.126. The molecule has 0 atom stereocenters. The maximum atomic E-state index is 12.6. The molecule has 0 aromatic heterocycles. The average molecular weight is 417 g/mol. The smallest absolute Gasteiger partial charge is 0.340 e. The van der Waals surface area contributed by atoms with E-state index in [4.69, 9.17) is 4.74 Å². The van der Waals surface area contributed by atoms with Gasteiger partial charge in [0.15, 0.2) is 6.61 Å². The Kier molecular flexibility index (Phi) is 7.48. The van der Waals surface area contributed by atoms with Crippen molar-refractivity contribution in [2.75, 3.05) is 13.2 Å². The van der Waals surface area contributed by atoms with Crippen molar-refractivity contribution in [3.8, 4) is 5.75 Å². The number of amides is 1. The van der Waals surface area contributed by atoms with Gasteiger partial charge in [0.05, 0.1) is 11.3 Å². The van der Waals surface area contributed by atoms with Crippen LogP contribution in [0.5, 0.6) is 5.75 Å². The lowest BCUT2D eigenvalue weighted by Crippen LogP contribution is -2.34. The van der Waals surface area contributed by atoms with Crippen LogP contribution in [0.2, 0.25) is 0 Å². The first kappa shape index (κ1) is 21.7. The summed E-state index contributed by atoms with van der Waals surface area (Å²) >= 11 is 0. The Morgan fingerprint density at radius 3 is 2.29 bits per heavy atom. The summed E-state index contributed by atoms with van der Waals surface area (Å²) in [6, 6.07) is 22.4. The fraction of sp³-hybridized carbons (Fsp3) is 0.167. The van der Waals surface area contributed by atoms with E-state index in [9.17, 15) is 14.7 Å². The van der Waals surface area contributed by atoms with Crippen LogP contribution >= 0.6 is 0 Å². The number of aromatic hydroxyl groups is 1. The summed E-state index contributed by atoms with van der Waals surface area (Å²) in [5.41, 5.74) is 2.06. The molecule has 1 amide bonds. The van der Waals surface area contributed by atoms with Crippen LogP contribution < -0.4 is 0 Å². The molecule has 0 aliphatic heterocycles. The first-order valence-electron chi connectivity index (χ1n) is 9.85. The van der Waals surface area contributed by atoms with Crippen LogP contribution in [0.15, 0.2) is 89.1 Å². The van der Waals surface area contributed by atoms with Gasteiger partial charge in [-0.2, -0.15) is 5.11 Å². The van der Waals surface area contributed by atoms with Gasteiger partial charge in [-0.1, -0.05) is 42.5 Å². The predicted molar refractivity (Wildman–Crippen MR) is 117 cm³/mol. The molecule has 158 valence electrons. The maximum absolute atomic E-state index is 12.6. The average Bonchev–Trinajstić information content (AvgIpc) is 2.81. The molecular formula is C24H23N3O4. The Labute approximate surface area is 180 Å². The molecule has 0 radical (unpaired) electrons. The number of carbonyl (C=O) groups is 2. The number of nitrogens with zero attached hydrogens (tertiary/aromatic N) is 3. The van der Waals surface area contributed by atoms with Gasteiger partial charge in [0.25, 0.3) is 5.91 Å². The summed E-state index contributed by atoms with van der Waals surface area (Å²) in [6.07, 6.45) is 0. The second kappa shape index (κ2) is 10.7. The van der Waals surface area contributed by atoms with Gasteiger partial charge in [-0.3, -0.25) is 4.79 Å². The highest BCUT2D eigenvalue weighted by molar-refractivity contribution is 5.96. The number of azo groups is 1. The van der Waals surface area contributed by atoms with Crippen LogP contribution in [0.25, 0.3) is 0 Å². The summed E-state index contributed by atoms with van der Waals surface area (Å²) in [5, 5.41) is 17.5. The third-order valence-corrected chi connectivity index (χ3v) is 4.52. The van der Waals surface area contributed by atoms with Gasteiger partial charge < -0.3 is 14.7 Å². The molecule has 3 rings (SSSR count). The van der Waals surface area contributed by atoms with Gasteiger partial charge in [0.2, 0.25) is 0 Å². The second-order valence-corrected chi connectivity index (χ2v) is 6.70. The number of likely N-dealkylation sites (N-methyl/N-ethyl adjacent to an activating group) is 1. The molecule has 0 fully saturated rings. The van der Waals surface area contributed by atoms with Crippen molar-refractivity contribution in [3.05, 3.63) is 90.0 Å². The van der Waals surface area contributed by atoms with Crippen molar-refractivity contribution < 1.29 is 19.4 Å². The largest absolute Gasteiger partial charge is 0.508 e. The van der Waals surface area contributed by atoms with Gasteiger partial charge in [0.1, 0.15) is 11.4 Å². The highest BCUT2D eigenvalue weighted by Crippen LogP contribution is 2.24. The monoisotopic (exact) mass is 417 g/mol. The van der Waals surface area contributed by atoms with Crippen molar-refractivity contribution in [1.82, 2.24) is 4.90 Å². The third-order valence-electron chi connectivity index (χ3n) is 4.52. The molecule has 0 aliphatic carbocycles. The van der Waals surface area contributed by atoms with Crippen molar-refractivity contribution in [2.45, 2.75) is 13.5 Å². The lowest BCUT2D eigenvalue weighted by atomic mass is 10.2. The molecule has 3 aromatic rings. The number of hydrogen-bond donors (Lipinski definition) is 1. The number of benzene rings is 3. The first-order chi connectivity index (χ1) is 15.1. The van der Waals surface area contributed by atoms with E-state index in [1.54, 1.807) is 41.3 Å². The maximum Gasteiger partial charge on any atom is 0.340 e. The minimum atomic E-state index is -0.649. The summed E-state index contributed by atoms with van der Waals surface area (Å²) in [7, 11) is 0. The zero-order valence-electron chi connectivity index (χ0n) is 17.1. The van der Waals surface area contributed by atoms with E-state index in [0.29, 0.717) is 24.5 Å². The summed E-state index contributed by atoms with van der Waals surface area (Å²) in [5.74, 6) is -0.798. The van der Waals surface area contributed by atoms with E-state index in [1.807, 2.05) is 37.3 Å². The molecule has 31 heavy (non-hydrogen) atoms. The summed E-state index contributed by atoms with van der Waals surface area (Å²) < 4.78 is 5.25. The standard InChI is InChI=1S/C24H23N3O4/c1-2-27(16-18-8-4-3-5-9-18)23(29)17-31-24(30)21-10-6-7-11-22(21)26-25-19-12-14-20(28)15-13-19/h3-15,28H,2,16-17H2,1H3. The molecule has 7 heteroatoms. The fourth-order valence-electron chi connectivity index (χ4n) is 2.84. The Balaban J connectivity index is 1.63. The van der Waals surface area contributed by atoms with E-state index in [1.165, 1.54) is 12.1 Å². The molecule has 3 aromatic carbocycles. The van der Waals surface area contributed by atoms with E-state index < -0.39 is 5.97 Å². The Morgan fingerprint density at radius 1 is 0.903 bits per heavy atom. The van der Waals surface area contributed by atoms with Crippen LogP contribution in [0.1, 0.15) is 22.8 Å². The molecule has 0 heterocycles. The number of hydrogen-bond acceptors (Lipinski definition) is 6. The number of carbonyl (C=O) groups excluding carboxylic acids is 2. The molecule has 0 saturated carbocycles. The Morgan fingerprint density at radius 2 is 1.58 bits per heavy atom. The third kappa shape index (κ3) is 6.24. The van der Waals surface area contributed by atoms with Crippen LogP contribution in [0.3, 0.4) is 0 Å². The summed E-state index contributed by atoms with van der Waals surface area (Å²) in [4.78, 5) is 26.7. The number of rotatable bonds is 8. The molecule has 7 nitrogen and oxygen atoms in total. The van der Waals surface area contributed by atoms with Gasteiger partial charge in [0, 0.05) is 13.1 Å². The van der Waals surface area contributed by atoms with Crippen molar-refractivity contribution in [2.24, 2.45) is 10.2 Å². The van der Waals surface area contributed by atoms with Crippen molar-refractivity contribution in [1.29, 1.82) is 0 Å². The van der Waals surface area contributed by atoms with Gasteiger partial charge in [-0.15, -0.1) is 5.11 Å². The first-order valence-corrected chi connectivity index (χ1v) is 9.85. The van der Waals surface area contributed by atoms with Crippen molar-refractivity contribution in [3.63, 3.8) is 0 Å². The van der Waals surface area contributed by atoms with Crippen LogP contribution in [0, 0.1) is 0 Å². The fourth-order valence-corrected chi connectivity index (χ4v) is 2.84. The number of ether oxygens (including phenoxy) is 1. The minimum Gasteiger partial charge on any atom is -0.508 e. The van der Waals surface area contributed by atoms with E-state index in [-0.39, 0.29) is 23.8 Å². The normalized spacial score (nSPS) is 10.7. The quantitative estimate of drug-likeness (QED) is 0.412. The van der Waals surface area contributed by atoms with E-state index in [2.05, 4.69) is 10.2 Å². The number of esters is 1. The molecule has 0 aliphatic rings. The van der Waals surface area contributed by atoms with Gasteiger partial charge in [-0.25, -0.2) is 4.79 Å². The zero-order valence-corrected chi connectivity index (χ0v) is 17.1. The number of phenols is 1. The molecule has 1 N–H and O–H groups in total. The van der Waals surface area contributed by atoms with E-state index in [0.717, 1.165) is 5.56 Å². The number of phenolic OH excluding ortho intramolecular Hbond substituents is 1.